The fourth-order valence-electron chi connectivity index (χ4n) is 2.93. The van der Waals surface area contributed by atoms with Crippen LogP contribution in [0.2, 0.25) is 5.02 Å². The van der Waals surface area contributed by atoms with Gasteiger partial charge in [-0.15, -0.1) is 5.10 Å². The molecule has 32 heavy (non-hydrogen) atoms. The maximum Gasteiger partial charge on any atom is 0.271 e. The molecule has 0 aliphatic carbocycles. The van der Waals surface area contributed by atoms with E-state index in [2.05, 4.69) is 10.4 Å². The van der Waals surface area contributed by atoms with E-state index in [9.17, 15) is 9.59 Å². The fraction of sp³-hybridized carbons (Fsp3) is 0.261. The number of rotatable bonds is 7. The number of aryl methyl sites for hydroxylation is 2. The van der Waals surface area contributed by atoms with Gasteiger partial charge < -0.3 is 19.5 Å². The lowest BCUT2D eigenvalue weighted by molar-refractivity contribution is -0.122. The third-order valence-corrected chi connectivity index (χ3v) is 5.20. The molecule has 1 atom stereocenters. The predicted molar refractivity (Wildman–Crippen MR) is 123 cm³/mol. The number of amides is 1. The summed E-state index contributed by atoms with van der Waals surface area (Å²) in [6.07, 6.45) is -0.918. The molecule has 0 aliphatic heterocycles. The van der Waals surface area contributed by atoms with Gasteiger partial charge in [0.05, 0.1) is 30.6 Å². The Morgan fingerprint density at radius 2 is 1.75 bits per heavy atom. The molecule has 2 aromatic carbocycles. The van der Waals surface area contributed by atoms with Gasteiger partial charge in [-0.1, -0.05) is 17.7 Å². The zero-order chi connectivity index (χ0) is 23.4. The lowest BCUT2D eigenvalue weighted by atomic mass is 10.1. The highest BCUT2D eigenvalue weighted by molar-refractivity contribution is 6.32. The number of nitrogens with zero attached hydrogens (tertiary/aromatic N) is 2. The molecule has 3 aromatic rings. The van der Waals surface area contributed by atoms with Gasteiger partial charge in [0.15, 0.2) is 6.10 Å². The summed E-state index contributed by atoms with van der Waals surface area (Å²) in [4.78, 5) is 25.0. The molecular formula is C23H24ClN3O5. The van der Waals surface area contributed by atoms with Crippen LogP contribution in [0.15, 0.2) is 47.3 Å². The average Bonchev–Trinajstić information content (AvgIpc) is 2.77. The summed E-state index contributed by atoms with van der Waals surface area (Å²) in [5.74, 6) is 0.484. The Hall–Kier alpha value is -3.52. The van der Waals surface area contributed by atoms with Gasteiger partial charge in [0.2, 0.25) is 5.88 Å². The van der Waals surface area contributed by atoms with Crippen molar-refractivity contribution in [2.24, 2.45) is 0 Å². The van der Waals surface area contributed by atoms with Crippen LogP contribution in [-0.2, 0) is 4.79 Å². The number of aromatic nitrogens is 2. The quantitative estimate of drug-likeness (QED) is 0.578. The minimum absolute atomic E-state index is 0.130. The van der Waals surface area contributed by atoms with Crippen LogP contribution < -0.4 is 25.1 Å². The normalized spacial score (nSPS) is 11.6. The highest BCUT2D eigenvalue weighted by atomic mass is 35.5. The van der Waals surface area contributed by atoms with E-state index < -0.39 is 12.0 Å². The highest BCUT2D eigenvalue weighted by Gasteiger charge is 2.19. The molecule has 0 fully saturated rings. The maximum absolute atomic E-state index is 12.7. The summed E-state index contributed by atoms with van der Waals surface area (Å²) >= 11 is 6.16. The van der Waals surface area contributed by atoms with Crippen molar-refractivity contribution in [3.8, 4) is 23.1 Å². The first-order valence-electron chi connectivity index (χ1n) is 9.80. The van der Waals surface area contributed by atoms with E-state index in [-0.39, 0.29) is 11.4 Å². The van der Waals surface area contributed by atoms with Crippen molar-refractivity contribution in [1.29, 1.82) is 0 Å². The van der Waals surface area contributed by atoms with Gasteiger partial charge in [0, 0.05) is 18.2 Å². The molecule has 1 unspecified atom stereocenters. The molecule has 0 saturated heterocycles. The van der Waals surface area contributed by atoms with Crippen molar-refractivity contribution in [2.45, 2.75) is 26.9 Å². The van der Waals surface area contributed by atoms with Gasteiger partial charge in [0.1, 0.15) is 11.5 Å². The topological polar surface area (TPSA) is 91.7 Å². The molecule has 0 aliphatic rings. The first kappa shape index (κ1) is 23.1. The molecule has 1 amide bonds. The molecule has 168 valence electrons. The van der Waals surface area contributed by atoms with E-state index in [1.54, 1.807) is 19.1 Å². The van der Waals surface area contributed by atoms with E-state index >= 15 is 0 Å². The Bertz CT molecular complexity index is 1210. The molecule has 8 nitrogen and oxygen atoms in total. The van der Waals surface area contributed by atoms with Crippen LogP contribution >= 0.6 is 11.6 Å². The van der Waals surface area contributed by atoms with Crippen molar-refractivity contribution in [3.63, 3.8) is 0 Å². The summed E-state index contributed by atoms with van der Waals surface area (Å²) < 4.78 is 17.4. The Balaban J connectivity index is 1.79. The summed E-state index contributed by atoms with van der Waals surface area (Å²) in [7, 11) is 2.96. The van der Waals surface area contributed by atoms with Gasteiger partial charge in [0.25, 0.3) is 11.5 Å². The standard InChI is InChI=1S/C23H24ClN3O5/c1-13-6-7-16(10-14(13)2)27-22(28)9-8-21(26-27)32-15(3)23(29)25-18-11-17(24)19(30-4)12-20(18)31-5/h6-12,15H,1-5H3,(H,25,29). The minimum atomic E-state index is -0.918. The summed E-state index contributed by atoms with van der Waals surface area (Å²) in [5.41, 5.74) is 2.80. The van der Waals surface area contributed by atoms with E-state index in [1.807, 2.05) is 26.0 Å². The van der Waals surface area contributed by atoms with E-state index in [1.165, 1.54) is 37.1 Å². The van der Waals surface area contributed by atoms with Crippen LogP contribution in [0.4, 0.5) is 5.69 Å². The van der Waals surface area contributed by atoms with Crippen LogP contribution in [0, 0.1) is 13.8 Å². The number of hydrogen-bond acceptors (Lipinski definition) is 6. The SMILES string of the molecule is COc1cc(OC)c(NC(=O)C(C)Oc2ccc(=O)n(-c3ccc(C)c(C)c3)n2)cc1Cl. The van der Waals surface area contributed by atoms with E-state index in [0.29, 0.717) is 27.9 Å². The smallest absolute Gasteiger partial charge is 0.271 e. The largest absolute Gasteiger partial charge is 0.495 e. The molecule has 0 radical (unpaired) electrons. The lowest BCUT2D eigenvalue weighted by Crippen LogP contribution is -2.31. The Morgan fingerprint density at radius 1 is 1.03 bits per heavy atom. The number of carbonyl (C=O) groups excluding carboxylic acids is 1. The molecule has 0 spiro atoms. The molecule has 1 heterocycles. The van der Waals surface area contributed by atoms with Crippen molar-refractivity contribution >= 4 is 23.2 Å². The highest BCUT2D eigenvalue weighted by Crippen LogP contribution is 2.36. The number of anilines is 1. The second-order valence-electron chi connectivity index (χ2n) is 7.13. The number of nitrogens with one attached hydrogen (secondary N) is 1. The zero-order valence-electron chi connectivity index (χ0n) is 18.4. The molecule has 1 N–H and O–H groups in total. The number of ether oxygens (including phenoxy) is 3. The van der Waals surface area contributed by atoms with Crippen molar-refractivity contribution < 1.29 is 19.0 Å². The average molecular weight is 458 g/mol. The second kappa shape index (κ2) is 9.74. The van der Waals surface area contributed by atoms with Crippen molar-refractivity contribution in [3.05, 3.63) is 69.0 Å². The van der Waals surface area contributed by atoms with Crippen LogP contribution in [-0.4, -0.2) is 36.0 Å². The number of methoxy groups -OCH3 is 2. The number of hydrogen-bond donors (Lipinski definition) is 1. The second-order valence-corrected chi connectivity index (χ2v) is 7.53. The zero-order valence-corrected chi connectivity index (χ0v) is 19.2. The molecule has 9 heteroatoms. The van der Waals surface area contributed by atoms with Crippen LogP contribution in [0.5, 0.6) is 17.4 Å². The van der Waals surface area contributed by atoms with E-state index in [0.717, 1.165) is 11.1 Å². The molecule has 0 bridgehead atoms. The molecular weight excluding hydrogens is 434 g/mol. The fourth-order valence-corrected chi connectivity index (χ4v) is 3.17. The Morgan fingerprint density at radius 3 is 2.41 bits per heavy atom. The number of halogens is 1. The molecule has 3 rings (SSSR count). The van der Waals surface area contributed by atoms with Gasteiger partial charge >= 0.3 is 0 Å². The van der Waals surface area contributed by atoms with Crippen molar-refractivity contribution in [2.75, 3.05) is 19.5 Å². The minimum Gasteiger partial charge on any atom is -0.495 e. The summed E-state index contributed by atoms with van der Waals surface area (Å²) in [6.45, 7) is 5.51. The summed E-state index contributed by atoms with van der Waals surface area (Å²) in [5, 5.41) is 7.29. The Labute approximate surface area is 190 Å². The molecule has 0 saturated carbocycles. The maximum atomic E-state index is 12.7. The van der Waals surface area contributed by atoms with Crippen LogP contribution in [0.25, 0.3) is 5.69 Å². The Kier molecular flexibility index (Phi) is 7.05. The first-order chi connectivity index (χ1) is 15.2. The van der Waals surface area contributed by atoms with Crippen LogP contribution in [0.1, 0.15) is 18.1 Å². The molecule has 1 aromatic heterocycles. The number of benzene rings is 2. The predicted octanol–water partition coefficient (Wildman–Crippen LogP) is 3.93. The van der Waals surface area contributed by atoms with Gasteiger partial charge in [-0.2, -0.15) is 4.68 Å². The van der Waals surface area contributed by atoms with Crippen molar-refractivity contribution in [1.82, 2.24) is 9.78 Å². The third kappa shape index (κ3) is 5.03. The van der Waals surface area contributed by atoms with Crippen LogP contribution in [0.3, 0.4) is 0 Å². The third-order valence-electron chi connectivity index (χ3n) is 4.91. The first-order valence-corrected chi connectivity index (χ1v) is 10.2. The van der Waals surface area contributed by atoms with Gasteiger partial charge in [-0.05, 0) is 50.1 Å². The van der Waals surface area contributed by atoms with E-state index in [4.69, 9.17) is 25.8 Å². The number of carbonyl (C=O) groups is 1. The van der Waals surface area contributed by atoms with Gasteiger partial charge in [-0.25, -0.2) is 0 Å². The lowest BCUT2D eigenvalue weighted by Gasteiger charge is -2.17. The van der Waals surface area contributed by atoms with Gasteiger partial charge in [-0.3, -0.25) is 9.59 Å². The summed E-state index contributed by atoms with van der Waals surface area (Å²) in [6, 6.07) is 11.4. The monoisotopic (exact) mass is 457 g/mol.